The first-order valence-electron chi connectivity index (χ1n) is 7.99. The Morgan fingerprint density at radius 1 is 1.29 bits per heavy atom. The van der Waals surface area contributed by atoms with Gasteiger partial charge in [0.15, 0.2) is 5.82 Å². The molecule has 6 heteroatoms. The molecule has 0 amide bonds. The van der Waals surface area contributed by atoms with Crippen molar-refractivity contribution in [2.45, 2.75) is 44.8 Å². The first kappa shape index (κ1) is 14.5. The van der Waals surface area contributed by atoms with Gasteiger partial charge in [0.1, 0.15) is 0 Å². The third-order valence-electron chi connectivity index (χ3n) is 4.79. The van der Waals surface area contributed by atoms with Crippen LogP contribution in [0.15, 0.2) is 17.2 Å². The minimum Gasteiger partial charge on any atom is -0.350 e. The number of aromatic nitrogens is 2. The molecule has 1 unspecified atom stereocenters. The fraction of sp³-hybridized carbons (Fsp3) is 0.733. The van der Waals surface area contributed by atoms with Crippen molar-refractivity contribution in [1.29, 1.82) is 0 Å². The van der Waals surface area contributed by atoms with Crippen LogP contribution in [-0.4, -0.2) is 52.7 Å². The zero-order valence-electron chi connectivity index (χ0n) is 12.7. The van der Waals surface area contributed by atoms with Crippen LogP contribution in [0, 0.1) is 0 Å². The van der Waals surface area contributed by atoms with Crippen LogP contribution in [0.2, 0.25) is 0 Å². The molecule has 2 fully saturated rings. The highest BCUT2D eigenvalue weighted by atomic mass is 16.1. The highest BCUT2D eigenvalue weighted by molar-refractivity contribution is 5.37. The molecule has 21 heavy (non-hydrogen) atoms. The Hall–Kier alpha value is -1.40. The number of likely N-dealkylation sites (tertiary alicyclic amines) is 1. The van der Waals surface area contributed by atoms with Crippen molar-refractivity contribution in [1.82, 2.24) is 14.5 Å². The van der Waals surface area contributed by atoms with Crippen molar-refractivity contribution >= 4 is 5.82 Å². The minimum absolute atomic E-state index is 0.0290. The van der Waals surface area contributed by atoms with Gasteiger partial charge in [0.25, 0.3) is 5.56 Å². The van der Waals surface area contributed by atoms with Crippen molar-refractivity contribution in [3.8, 4) is 0 Å². The predicted octanol–water partition coefficient (Wildman–Crippen LogP) is 0.265. The largest absolute Gasteiger partial charge is 0.350 e. The lowest BCUT2D eigenvalue weighted by Gasteiger charge is -2.34. The second-order valence-corrected chi connectivity index (χ2v) is 6.10. The molecule has 0 radical (unpaired) electrons. The van der Waals surface area contributed by atoms with Gasteiger partial charge in [-0.1, -0.05) is 0 Å². The van der Waals surface area contributed by atoms with Crippen molar-refractivity contribution in [2.75, 3.05) is 31.1 Å². The topological polar surface area (TPSA) is 67.4 Å². The Kier molecular flexibility index (Phi) is 4.26. The maximum Gasteiger partial charge on any atom is 0.293 e. The zero-order valence-corrected chi connectivity index (χ0v) is 12.7. The molecular weight excluding hydrogens is 266 g/mol. The summed E-state index contributed by atoms with van der Waals surface area (Å²) in [5.41, 5.74) is 6.00. The Bertz CT molecular complexity index is 535. The highest BCUT2D eigenvalue weighted by Gasteiger charge is 2.31. The maximum absolute atomic E-state index is 12.3. The average Bonchev–Trinajstić information content (AvgIpc) is 2.98. The van der Waals surface area contributed by atoms with Crippen LogP contribution in [0.25, 0.3) is 0 Å². The van der Waals surface area contributed by atoms with E-state index in [1.165, 1.54) is 0 Å². The van der Waals surface area contributed by atoms with Gasteiger partial charge in [-0.3, -0.25) is 9.69 Å². The predicted molar refractivity (Wildman–Crippen MR) is 83.6 cm³/mol. The van der Waals surface area contributed by atoms with Crippen molar-refractivity contribution in [3.05, 3.63) is 22.7 Å². The number of aryl methyl sites for hydroxylation is 1. The van der Waals surface area contributed by atoms with E-state index in [-0.39, 0.29) is 5.56 Å². The molecule has 3 rings (SSSR count). The Morgan fingerprint density at radius 3 is 2.76 bits per heavy atom. The normalized spacial score (nSPS) is 24.7. The Labute approximate surface area is 125 Å². The molecule has 3 heterocycles. The summed E-state index contributed by atoms with van der Waals surface area (Å²) in [6.45, 7) is 6.67. The average molecular weight is 291 g/mol. The molecule has 0 aromatic carbocycles. The Morgan fingerprint density at radius 2 is 2.05 bits per heavy atom. The number of rotatable bonds is 3. The van der Waals surface area contributed by atoms with Crippen LogP contribution < -0.4 is 16.2 Å². The van der Waals surface area contributed by atoms with Gasteiger partial charge < -0.3 is 15.2 Å². The number of hydrogen-bond donors (Lipinski definition) is 1. The zero-order chi connectivity index (χ0) is 14.8. The molecule has 2 aliphatic heterocycles. The van der Waals surface area contributed by atoms with Crippen LogP contribution in [-0.2, 0) is 6.54 Å². The van der Waals surface area contributed by atoms with E-state index in [4.69, 9.17) is 5.73 Å². The summed E-state index contributed by atoms with van der Waals surface area (Å²) in [4.78, 5) is 21.3. The SMILES string of the molecule is CCn1ccnc(N2CCC(N3CCC(N)CC3)C2)c1=O. The number of nitrogens with two attached hydrogens (primary N) is 1. The lowest BCUT2D eigenvalue weighted by molar-refractivity contribution is 0.163. The van der Waals surface area contributed by atoms with E-state index in [1.807, 2.05) is 6.92 Å². The number of nitrogens with zero attached hydrogens (tertiary/aromatic N) is 4. The maximum atomic E-state index is 12.3. The molecular formula is C15H25N5O. The third-order valence-corrected chi connectivity index (χ3v) is 4.79. The molecule has 6 nitrogen and oxygen atoms in total. The highest BCUT2D eigenvalue weighted by Crippen LogP contribution is 2.21. The molecule has 0 aliphatic carbocycles. The molecule has 2 aliphatic rings. The van der Waals surface area contributed by atoms with E-state index in [1.54, 1.807) is 17.0 Å². The van der Waals surface area contributed by atoms with E-state index in [2.05, 4.69) is 14.8 Å². The summed E-state index contributed by atoms with van der Waals surface area (Å²) in [6, 6.07) is 0.903. The van der Waals surface area contributed by atoms with Gasteiger partial charge in [-0.2, -0.15) is 0 Å². The minimum atomic E-state index is 0.0290. The number of piperidine rings is 1. The van der Waals surface area contributed by atoms with Crippen LogP contribution in [0.5, 0.6) is 0 Å². The lowest BCUT2D eigenvalue weighted by Crippen LogP contribution is -2.46. The van der Waals surface area contributed by atoms with Gasteiger partial charge >= 0.3 is 0 Å². The summed E-state index contributed by atoms with van der Waals surface area (Å²) in [7, 11) is 0. The smallest absolute Gasteiger partial charge is 0.293 e. The summed E-state index contributed by atoms with van der Waals surface area (Å²) in [5.74, 6) is 0.607. The number of anilines is 1. The van der Waals surface area contributed by atoms with Crippen LogP contribution in [0.4, 0.5) is 5.82 Å². The van der Waals surface area contributed by atoms with E-state index >= 15 is 0 Å². The second-order valence-electron chi connectivity index (χ2n) is 6.10. The molecule has 0 spiro atoms. The number of hydrogen-bond acceptors (Lipinski definition) is 5. The van der Waals surface area contributed by atoms with Crippen molar-refractivity contribution in [3.63, 3.8) is 0 Å². The van der Waals surface area contributed by atoms with Gasteiger partial charge in [0.2, 0.25) is 0 Å². The van der Waals surface area contributed by atoms with E-state index < -0.39 is 0 Å². The molecule has 2 saturated heterocycles. The lowest BCUT2D eigenvalue weighted by atomic mass is 10.0. The molecule has 1 atom stereocenters. The molecule has 1 aromatic rings. The Balaban J connectivity index is 1.68. The van der Waals surface area contributed by atoms with E-state index in [9.17, 15) is 4.79 Å². The first-order chi connectivity index (χ1) is 10.2. The van der Waals surface area contributed by atoms with Crippen LogP contribution in [0.1, 0.15) is 26.2 Å². The molecule has 2 N–H and O–H groups in total. The fourth-order valence-electron chi connectivity index (χ4n) is 3.42. The molecule has 0 bridgehead atoms. The van der Waals surface area contributed by atoms with Crippen LogP contribution >= 0.6 is 0 Å². The molecule has 116 valence electrons. The second kappa shape index (κ2) is 6.15. The van der Waals surface area contributed by atoms with Gasteiger partial charge in [0.05, 0.1) is 0 Å². The fourth-order valence-corrected chi connectivity index (χ4v) is 3.42. The van der Waals surface area contributed by atoms with Crippen molar-refractivity contribution < 1.29 is 0 Å². The summed E-state index contributed by atoms with van der Waals surface area (Å²) in [5, 5.41) is 0. The summed E-state index contributed by atoms with van der Waals surface area (Å²) in [6.07, 6.45) is 6.77. The molecule has 1 aromatic heterocycles. The summed E-state index contributed by atoms with van der Waals surface area (Å²) >= 11 is 0. The monoisotopic (exact) mass is 291 g/mol. The van der Waals surface area contributed by atoms with Gasteiger partial charge in [-0.05, 0) is 39.3 Å². The summed E-state index contributed by atoms with van der Waals surface area (Å²) < 4.78 is 1.72. The van der Waals surface area contributed by atoms with Crippen molar-refractivity contribution in [2.24, 2.45) is 5.73 Å². The molecule has 0 saturated carbocycles. The van der Waals surface area contributed by atoms with Gasteiger partial charge in [-0.25, -0.2) is 4.98 Å². The third kappa shape index (κ3) is 2.96. The van der Waals surface area contributed by atoms with Gasteiger partial charge in [-0.15, -0.1) is 0 Å². The van der Waals surface area contributed by atoms with E-state index in [0.717, 1.165) is 45.4 Å². The van der Waals surface area contributed by atoms with E-state index in [0.29, 0.717) is 24.4 Å². The van der Waals surface area contributed by atoms with Gasteiger partial charge in [0, 0.05) is 44.1 Å². The van der Waals surface area contributed by atoms with Crippen LogP contribution in [0.3, 0.4) is 0 Å². The quantitative estimate of drug-likeness (QED) is 0.865. The standard InChI is InChI=1S/C15H25N5O/c1-2-18-10-6-17-14(15(18)21)20-9-5-13(11-20)19-7-3-12(16)4-8-19/h6,10,12-13H,2-5,7-9,11,16H2,1H3. The first-order valence-corrected chi connectivity index (χ1v) is 7.99.